The molecular weight excluding hydrogens is 314 g/mol. The summed E-state index contributed by atoms with van der Waals surface area (Å²) < 4.78 is 6.89. The molecule has 0 radical (unpaired) electrons. The van der Waals surface area contributed by atoms with Crippen LogP contribution in [0.25, 0.3) is 10.9 Å². The molecule has 3 rings (SSSR count). The van der Waals surface area contributed by atoms with E-state index in [4.69, 9.17) is 10.2 Å². The first-order valence-electron chi connectivity index (χ1n) is 7.08. The Bertz CT molecular complexity index is 887. The number of fused-ring (bicyclic) bond motifs is 1. The molecule has 2 aromatic heterocycles. The van der Waals surface area contributed by atoms with E-state index in [0.717, 1.165) is 0 Å². The highest BCUT2D eigenvalue weighted by Gasteiger charge is 2.13. The van der Waals surface area contributed by atoms with Crippen molar-refractivity contribution < 1.29 is 9.21 Å². The van der Waals surface area contributed by atoms with Crippen LogP contribution in [-0.2, 0) is 11.3 Å². The highest BCUT2D eigenvalue weighted by Crippen LogP contribution is 2.19. The minimum atomic E-state index is -0.377. The van der Waals surface area contributed by atoms with Gasteiger partial charge in [-0.05, 0) is 24.3 Å². The average Bonchev–Trinajstić information content (AvgIpc) is 3.04. The van der Waals surface area contributed by atoms with Crippen LogP contribution in [0.15, 0.2) is 57.0 Å². The van der Waals surface area contributed by atoms with E-state index >= 15 is 0 Å². The van der Waals surface area contributed by atoms with Crippen LogP contribution in [0, 0.1) is 0 Å². The molecule has 6 nitrogen and oxygen atoms in total. The van der Waals surface area contributed by atoms with Gasteiger partial charge in [-0.25, -0.2) is 4.98 Å². The molecule has 2 heterocycles. The minimum absolute atomic E-state index is 0.131. The van der Waals surface area contributed by atoms with E-state index in [2.05, 4.69) is 4.98 Å². The van der Waals surface area contributed by atoms with Crippen LogP contribution < -0.4 is 11.3 Å². The molecule has 0 fully saturated rings. The summed E-state index contributed by atoms with van der Waals surface area (Å²) in [6.45, 7) is 0.294. The SMILES string of the molecule is NC(=O)CCSc1nc2ccccc2c(=O)n1Cc1ccco1. The first-order chi connectivity index (χ1) is 11.1. The first-order valence-corrected chi connectivity index (χ1v) is 8.07. The second-order valence-corrected chi connectivity index (χ2v) is 6.01. The maximum Gasteiger partial charge on any atom is 0.262 e. The molecule has 0 unspecified atom stereocenters. The van der Waals surface area contributed by atoms with Gasteiger partial charge in [0, 0.05) is 12.2 Å². The lowest BCUT2D eigenvalue weighted by molar-refractivity contribution is -0.117. The van der Waals surface area contributed by atoms with Crippen LogP contribution >= 0.6 is 11.8 Å². The standard InChI is InChI=1S/C16H15N3O3S/c17-14(20)7-9-23-16-18-13-6-2-1-5-12(13)15(21)19(16)10-11-4-3-8-22-11/h1-6,8H,7,9-10H2,(H2,17,20). The van der Waals surface area contributed by atoms with Crippen LogP contribution in [0.1, 0.15) is 12.2 Å². The molecule has 2 N–H and O–H groups in total. The van der Waals surface area contributed by atoms with Crippen LogP contribution in [0.3, 0.4) is 0 Å². The van der Waals surface area contributed by atoms with E-state index < -0.39 is 0 Å². The second kappa shape index (κ2) is 6.70. The zero-order valence-electron chi connectivity index (χ0n) is 12.3. The molecule has 0 aliphatic carbocycles. The lowest BCUT2D eigenvalue weighted by atomic mass is 10.2. The van der Waals surface area contributed by atoms with Crippen molar-refractivity contribution >= 4 is 28.6 Å². The molecule has 0 aliphatic heterocycles. The first kappa shape index (κ1) is 15.4. The summed E-state index contributed by atoms with van der Waals surface area (Å²) in [7, 11) is 0. The Labute approximate surface area is 136 Å². The number of carbonyl (C=O) groups is 1. The van der Waals surface area contributed by atoms with Crippen molar-refractivity contribution in [1.29, 1.82) is 0 Å². The summed E-state index contributed by atoms with van der Waals surface area (Å²) in [5.74, 6) is 0.761. The van der Waals surface area contributed by atoms with Crippen LogP contribution in [0.2, 0.25) is 0 Å². The predicted molar refractivity (Wildman–Crippen MR) is 88.3 cm³/mol. The summed E-state index contributed by atoms with van der Waals surface area (Å²) in [6.07, 6.45) is 1.79. The minimum Gasteiger partial charge on any atom is -0.467 e. The Morgan fingerprint density at radius 1 is 1.26 bits per heavy atom. The third kappa shape index (κ3) is 3.45. The Morgan fingerprint density at radius 2 is 2.09 bits per heavy atom. The summed E-state index contributed by atoms with van der Waals surface area (Å²) in [5.41, 5.74) is 5.67. The van der Waals surface area contributed by atoms with Gasteiger partial charge >= 0.3 is 0 Å². The topological polar surface area (TPSA) is 91.1 Å². The number of rotatable bonds is 6. The van der Waals surface area contributed by atoms with Gasteiger partial charge in [0.05, 0.1) is 23.7 Å². The average molecular weight is 329 g/mol. The monoisotopic (exact) mass is 329 g/mol. The maximum absolute atomic E-state index is 12.7. The van der Waals surface area contributed by atoms with E-state index in [9.17, 15) is 9.59 Å². The second-order valence-electron chi connectivity index (χ2n) is 4.95. The maximum atomic E-state index is 12.7. The molecule has 1 aromatic carbocycles. The van der Waals surface area contributed by atoms with E-state index in [1.807, 2.05) is 12.1 Å². The lowest BCUT2D eigenvalue weighted by Gasteiger charge is -2.11. The zero-order chi connectivity index (χ0) is 16.2. The van der Waals surface area contributed by atoms with Gasteiger partial charge in [0.2, 0.25) is 5.91 Å². The van der Waals surface area contributed by atoms with E-state index in [-0.39, 0.29) is 17.9 Å². The largest absolute Gasteiger partial charge is 0.467 e. The summed E-state index contributed by atoms with van der Waals surface area (Å²) in [5, 5.41) is 1.10. The molecule has 0 spiro atoms. The van der Waals surface area contributed by atoms with E-state index in [1.165, 1.54) is 11.8 Å². The fourth-order valence-corrected chi connectivity index (χ4v) is 3.15. The lowest BCUT2D eigenvalue weighted by Crippen LogP contribution is -2.24. The van der Waals surface area contributed by atoms with Crippen LogP contribution in [0.4, 0.5) is 0 Å². The molecule has 7 heteroatoms. The van der Waals surface area contributed by atoms with E-state index in [1.54, 1.807) is 35.1 Å². The van der Waals surface area contributed by atoms with E-state index in [0.29, 0.717) is 34.1 Å². The van der Waals surface area contributed by atoms with Gasteiger partial charge in [0.1, 0.15) is 5.76 Å². The van der Waals surface area contributed by atoms with Crippen molar-refractivity contribution in [3.8, 4) is 0 Å². The molecule has 0 saturated heterocycles. The smallest absolute Gasteiger partial charge is 0.262 e. The van der Waals surface area contributed by atoms with Gasteiger partial charge < -0.3 is 10.2 Å². The van der Waals surface area contributed by atoms with Gasteiger partial charge in [0.15, 0.2) is 5.16 Å². The molecule has 118 valence electrons. The number of hydrogen-bond acceptors (Lipinski definition) is 5. The van der Waals surface area contributed by atoms with Crippen LogP contribution in [0.5, 0.6) is 0 Å². The molecule has 0 atom stereocenters. The number of benzene rings is 1. The fourth-order valence-electron chi connectivity index (χ4n) is 2.20. The highest BCUT2D eigenvalue weighted by molar-refractivity contribution is 7.99. The van der Waals surface area contributed by atoms with Crippen molar-refractivity contribution in [3.05, 3.63) is 58.8 Å². The third-order valence-corrected chi connectivity index (χ3v) is 4.28. The summed E-state index contributed by atoms with van der Waals surface area (Å²) in [4.78, 5) is 28.2. The number of para-hydroxylation sites is 1. The number of thioether (sulfide) groups is 1. The van der Waals surface area contributed by atoms with Gasteiger partial charge in [-0.2, -0.15) is 0 Å². The number of primary amides is 1. The Balaban J connectivity index is 2.03. The van der Waals surface area contributed by atoms with Gasteiger partial charge in [-0.15, -0.1) is 0 Å². The van der Waals surface area contributed by atoms with Gasteiger partial charge in [0.25, 0.3) is 5.56 Å². The molecule has 23 heavy (non-hydrogen) atoms. The van der Waals surface area contributed by atoms with Gasteiger partial charge in [-0.3, -0.25) is 14.2 Å². The van der Waals surface area contributed by atoms with Crippen molar-refractivity contribution in [2.45, 2.75) is 18.1 Å². The number of hydrogen-bond donors (Lipinski definition) is 1. The number of nitrogens with zero attached hydrogens (tertiary/aromatic N) is 2. The normalized spacial score (nSPS) is 11.0. The van der Waals surface area contributed by atoms with Crippen LogP contribution in [-0.4, -0.2) is 21.2 Å². The van der Waals surface area contributed by atoms with Crippen molar-refractivity contribution in [3.63, 3.8) is 0 Å². The Kier molecular flexibility index (Phi) is 4.47. The Hall–Kier alpha value is -2.54. The summed E-state index contributed by atoms with van der Waals surface area (Å²) in [6, 6.07) is 10.8. The van der Waals surface area contributed by atoms with Crippen molar-refractivity contribution in [1.82, 2.24) is 9.55 Å². The third-order valence-electron chi connectivity index (χ3n) is 3.30. The number of aromatic nitrogens is 2. The number of nitrogens with two attached hydrogens (primary N) is 1. The fraction of sp³-hybridized carbons (Fsp3) is 0.188. The number of furan rings is 1. The number of amides is 1. The van der Waals surface area contributed by atoms with Gasteiger partial charge in [-0.1, -0.05) is 23.9 Å². The molecule has 0 bridgehead atoms. The molecule has 3 aromatic rings. The number of carbonyl (C=O) groups excluding carboxylic acids is 1. The van der Waals surface area contributed by atoms with Crippen molar-refractivity contribution in [2.24, 2.45) is 5.73 Å². The highest BCUT2D eigenvalue weighted by atomic mass is 32.2. The van der Waals surface area contributed by atoms with Crippen molar-refractivity contribution in [2.75, 3.05) is 5.75 Å². The molecule has 1 amide bonds. The summed E-state index contributed by atoms with van der Waals surface area (Å²) >= 11 is 1.34. The quantitative estimate of drug-likeness (QED) is 0.552. The predicted octanol–water partition coefficient (Wildman–Crippen LogP) is 2.01. The molecular formula is C16H15N3O3S. The zero-order valence-corrected chi connectivity index (χ0v) is 13.1. The molecule has 0 saturated carbocycles. The molecule has 0 aliphatic rings. The Morgan fingerprint density at radius 3 is 2.83 bits per heavy atom.